The van der Waals surface area contributed by atoms with Crippen molar-refractivity contribution >= 4 is 11.7 Å². The summed E-state index contributed by atoms with van der Waals surface area (Å²) in [6.45, 7) is 9.20. The van der Waals surface area contributed by atoms with E-state index in [1.54, 1.807) is 12.1 Å². The molecule has 0 aromatic heterocycles. The van der Waals surface area contributed by atoms with Crippen LogP contribution in [0.25, 0.3) is 0 Å². The largest absolute Gasteiger partial charge is 0.508 e. The average Bonchev–Trinajstić information content (AvgIpc) is 2.97. The summed E-state index contributed by atoms with van der Waals surface area (Å²) in [4.78, 5) is 17.0. The molecular formula is C20H30N2O3. The highest BCUT2D eigenvalue weighted by Gasteiger charge is 2.46. The van der Waals surface area contributed by atoms with Gasteiger partial charge in [0.1, 0.15) is 11.9 Å². The first-order chi connectivity index (χ1) is 12.1. The molecule has 138 valence electrons. The zero-order valence-corrected chi connectivity index (χ0v) is 15.4. The number of carbonyl (C=O) groups is 1. The van der Waals surface area contributed by atoms with Crippen molar-refractivity contribution in [3.8, 4) is 5.75 Å². The summed E-state index contributed by atoms with van der Waals surface area (Å²) < 4.78 is 5.65. The molecule has 0 bridgehead atoms. The van der Waals surface area contributed by atoms with Crippen molar-refractivity contribution in [2.75, 3.05) is 37.6 Å². The first-order valence-corrected chi connectivity index (χ1v) is 9.54. The number of cyclic esters (lactones) is 1. The van der Waals surface area contributed by atoms with E-state index in [2.05, 4.69) is 23.6 Å². The third-order valence-corrected chi connectivity index (χ3v) is 6.03. The molecule has 2 fully saturated rings. The van der Waals surface area contributed by atoms with Gasteiger partial charge in [-0.15, -0.1) is 0 Å². The number of nitrogens with zero attached hydrogens (tertiary/aromatic N) is 2. The predicted octanol–water partition coefficient (Wildman–Crippen LogP) is 3.03. The highest BCUT2D eigenvalue weighted by molar-refractivity contribution is 5.78. The lowest BCUT2D eigenvalue weighted by Crippen LogP contribution is -2.47. The van der Waals surface area contributed by atoms with Gasteiger partial charge in [-0.25, -0.2) is 0 Å². The first-order valence-electron chi connectivity index (χ1n) is 9.54. The van der Waals surface area contributed by atoms with E-state index in [0.29, 0.717) is 5.75 Å². The number of carbonyl (C=O) groups excluding carboxylic acids is 1. The molecule has 2 saturated heterocycles. The number of benzene rings is 1. The summed E-state index contributed by atoms with van der Waals surface area (Å²) in [7, 11) is 0. The van der Waals surface area contributed by atoms with E-state index in [1.165, 1.54) is 0 Å². The van der Waals surface area contributed by atoms with Gasteiger partial charge in [0.15, 0.2) is 0 Å². The molecule has 0 radical (unpaired) electrons. The summed E-state index contributed by atoms with van der Waals surface area (Å²) in [6.07, 6.45) is 3.66. The minimum Gasteiger partial charge on any atom is -0.508 e. The predicted molar refractivity (Wildman–Crippen MR) is 98.9 cm³/mol. The van der Waals surface area contributed by atoms with Crippen LogP contribution in [0.15, 0.2) is 24.3 Å². The lowest BCUT2D eigenvalue weighted by molar-refractivity contribution is -0.149. The second-order valence-electron chi connectivity index (χ2n) is 7.35. The van der Waals surface area contributed by atoms with Gasteiger partial charge in [-0.1, -0.05) is 13.8 Å². The van der Waals surface area contributed by atoms with Crippen LogP contribution in [0.5, 0.6) is 5.75 Å². The molecule has 5 heteroatoms. The van der Waals surface area contributed by atoms with E-state index in [1.807, 2.05) is 12.1 Å². The number of ether oxygens (including phenoxy) is 1. The van der Waals surface area contributed by atoms with E-state index < -0.39 is 0 Å². The Kier molecular flexibility index (Phi) is 5.52. The van der Waals surface area contributed by atoms with Crippen LogP contribution in [0.2, 0.25) is 0 Å². The Morgan fingerprint density at radius 3 is 2.32 bits per heavy atom. The lowest BCUT2D eigenvalue weighted by Gasteiger charge is -2.36. The maximum absolute atomic E-state index is 12.2. The fourth-order valence-corrected chi connectivity index (χ4v) is 4.05. The summed E-state index contributed by atoms with van der Waals surface area (Å²) in [6, 6.07) is 7.42. The van der Waals surface area contributed by atoms with Crippen LogP contribution in [-0.2, 0) is 9.53 Å². The van der Waals surface area contributed by atoms with Crippen molar-refractivity contribution in [3.05, 3.63) is 24.3 Å². The van der Waals surface area contributed by atoms with E-state index in [0.717, 1.165) is 64.1 Å². The van der Waals surface area contributed by atoms with Crippen molar-refractivity contribution < 1.29 is 14.6 Å². The SMILES string of the molecule is CCC1(CC)CC(CCN2CCN(c3ccc(O)cc3)CC2)OC1=O. The molecule has 0 amide bonds. The summed E-state index contributed by atoms with van der Waals surface area (Å²) in [5, 5.41) is 9.40. The van der Waals surface area contributed by atoms with Gasteiger partial charge in [-0.3, -0.25) is 9.69 Å². The van der Waals surface area contributed by atoms with E-state index in [4.69, 9.17) is 4.74 Å². The van der Waals surface area contributed by atoms with Crippen LogP contribution in [0.1, 0.15) is 39.5 Å². The fraction of sp³-hybridized carbons (Fsp3) is 0.650. The number of aromatic hydroxyl groups is 1. The van der Waals surface area contributed by atoms with Crippen molar-refractivity contribution in [2.45, 2.75) is 45.6 Å². The quantitative estimate of drug-likeness (QED) is 0.803. The van der Waals surface area contributed by atoms with Crippen LogP contribution in [0, 0.1) is 5.41 Å². The number of rotatable bonds is 6. The van der Waals surface area contributed by atoms with Crippen molar-refractivity contribution in [1.29, 1.82) is 0 Å². The van der Waals surface area contributed by atoms with Crippen molar-refractivity contribution in [1.82, 2.24) is 4.90 Å². The zero-order valence-electron chi connectivity index (χ0n) is 15.4. The van der Waals surface area contributed by atoms with Gasteiger partial charge >= 0.3 is 5.97 Å². The molecular weight excluding hydrogens is 316 g/mol. The molecule has 1 unspecified atom stereocenters. The standard InChI is InChI=1S/C20H30N2O3/c1-3-20(4-2)15-18(25-19(20)24)9-10-21-11-13-22(14-12-21)16-5-7-17(23)8-6-16/h5-8,18,23H,3-4,9-15H2,1-2H3. The molecule has 1 atom stereocenters. The number of hydrogen-bond acceptors (Lipinski definition) is 5. The van der Waals surface area contributed by atoms with E-state index >= 15 is 0 Å². The molecule has 0 spiro atoms. The maximum atomic E-state index is 12.2. The number of phenolic OH excluding ortho intramolecular Hbond substituents is 1. The van der Waals surface area contributed by atoms with Crippen molar-refractivity contribution in [2.24, 2.45) is 5.41 Å². The average molecular weight is 346 g/mol. The summed E-state index contributed by atoms with van der Waals surface area (Å²) in [5.41, 5.74) is 0.931. The molecule has 2 aliphatic heterocycles. The fourth-order valence-electron chi connectivity index (χ4n) is 4.05. The number of esters is 1. The third kappa shape index (κ3) is 3.92. The Hall–Kier alpha value is -1.75. The van der Waals surface area contributed by atoms with Gasteiger partial charge in [-0.05, 0) is 43.5 Å². The Bertz CT molecular complexity index is 575. The molecule has 0 aliphatic carbocycles. The van der Waals surface area contributed by atoms with Gasteiger partial charge in [0.05, 0.1) is 5.41 Å². The first kappa shape index (κ1) is 18.1. The molecule has 5 nitrogen and oxygen atoms in total. The molecule has 1 aromatic carbocycles. The number of anilines is 1. The second kappa shape index (κ2) is 7.65. The minimum absolute atomic E-state index is 0.0136. The van der Waals surface area contributed by atoms with Crippen LogP contribution < -0.4 is 4.90 Å². The number of hydrogen-bond donors (Lipinski definition) is 1. The molecule has 3 rings (SSSR count). The topological polar surface area (TPSA) is 53.0 Å². The minimum atomic E-state index is -0.234. The monoisotopic (exact) mass is 346 g/mol. The maximum Gasteiger partial charge on any atom is 0.312 e. The summed E-state index contributed by atoms with van der Waals surface area (Å²) >= 11 is 0. The van der Waals surface area contributed by atoms with Crippen LogP contribution >= 0.6 is 0 Å². The van der Waals surface area contributed by atoms with Gasteiger partial charge in [0.2, 0.25) is 0 Å². The van der Waals surface area contributed by atoms with Gasteiger partial charge in [0.25, 0.3) is 0 Å². The van der Waals surface area contributed by atoms with Gasteiger partial charge in [-0.2, -0.15) is 0 Å². The Morgan fingerprint density at radius 2 is 1.76 bits per heavy atom. The molecule has 2 heterocycles. The highest BCUT2D eigenvalue weighted by Crippen LogP contribution is 2.41. The van der Waals surface area contributed by atoms with Crippen LogP contribution in [0.3, 0.4) is 0 Å². The Balaban J connectivity index is 1.44. The second-order valence-corrected chi connectivity index (χ2v) is 7.35. The number of piperazine rings is 1. The third-order valence-electron chi connectivity index (χ3n) is 6.03. The molecule has 1 N–H and O–H groups in total. The van der Waals surface area contributed by atoms with Crippen LogP contribution in [0.4, 0.5) is 5.69 Å². The van der Waals surface area contributed by atoms with E-state index in [-0.39, 0.29) is 17.5 Å². The highest BCUT2D eigenvalue weighted by atomic mass is 16.6. The van der Waals surface area contributed by atoms with Crippen molar-refractivity contribution in [3.63, 3.8) is 0 Å². The zero-order chi connectivity index (χ0) is 17.9. The van der Waals surface area contributed by atoms with E-state index in [9.17, 15) is 9.90 Å². The number of phenols is 1. The Labute approximate surface area is 150 Å². The molecule has 1 aromatic rings. The molecule has 2 aliphatic rings. The van der Waals surface area contributed by atoms with Gasteiger partial charge in [0, 0.05) is 44.8 Å². The van der Waals surface area contributed by atoms with Gasteiger partial charge < -0.3 is 14.7 Å². The van der Waals surface area contributed by atoms with Crippen LogP contribution in [-0.4, -0.2) is 54.8 Å². The molecule has 0 saturated carbocycles. The molecule has 25 heavy (non-hydrogen) atoms. The normalized spacial score (nSPS) is 23.7. The lowest BCUT2D eigenvalue weighted by atomic mass is 9.79. The summed E-state index contributed by atoms with van der Waals surface area (Å²) in [5.74, 6) is 0.323. The Morgan fingerprint density at radius 1 is 1.12 bits per heavy atom. The smallest absolute Gasteiger partial charge is 0.312 e.